The molecule has 23 heavy (non-hydrogen) atoms. The zero-order valence-electron chi connectivity index (χ0n) is 12.1. The van der Waals surface area contributed by atoms with Crippen molar-refractivity contribution in [1.29, 1.82) is 0 Å². The summed E-state index contributed by atoms with van der Waals surface area (Å²) in [6, 6.07) is 9.64. The van der Waals surface area contributed by atoms with Gasteiger partial charge in [-0.05, 0) is 24.3 Å². The maximum atomic E-state index is 13.2. The second-order valence-corrected chi connectivity index (χ2v) is 4.92. The number of halogens is 2. The standard InChI is InChI=1S/C16H12F2N4O/c1-22-9-19-21-15(22)13-4-2-3-5-14(13)20-16(23)10-6-11(17)8-12(18)7-10/h2-9H,1H3,(H,20,23). The van der Waals surface area contributed by atoms with Gasteiger partial charge in [-0.15, -0.1) is 10.2 Å². The molecular weight excluding hydrogens is 302 g/mol. The fourth-order valence-electron chi connectivity index (χ4n) is 2.19. The lowest BCUT2D eigenvalue weighted by Crippen LogP contribution is -2.13. The molecule has 0 spiro atoms. The minimum atomic E-state index is -0.809. The largest absolute Gasteiger partial charge is 0.321 e. The third-order valence-corrected chi connectivity index (χ3v) is 3.25. The fourth-order valence-corrected chi connectivity index (χ4v) is 2.19. The van der Waals surface area contributed by atoms with E-state index in [1.807, 2.05) is 0 Å². The van der Waals surface area contributed by atoms with Gasteiger partial charge in [0.1, 0.15) is 18.0 Å². The van der Waals surface area contributed by atoms with Crippen LogP contribution >= 0.6 is 0 Å². The predicted octanol–water partition coefficient (Wildman–Crippen LogP) is 3.01. The van der Waals surface area contributed by atoms with E-state index in [0.29, 0.717) is 23.1 Å². The average Bonchev–Trinajstić information content (AvgIpc) is 2.93. The van der Waals surface area contributed by atoms with Crippen molar-refractivity contribution in [3.05, 3.63) is 66.0 Å². The summed E-state index contributed by atoms with van der Waals surface area (Å²) in [6.45, 7) is 0. The monoisotopic (exact) mass is 314 g/mol. The van der Waals surface area contributed by atoms with Crippen molar-refractivity contribution in [1.82, 2.24) is 14.8 Å². The quantitative estimate of drug-likeness (QED) is 0.808. The Bertz CT molecular complexity index is 856. The van der Waals surface area contributed by atoms with E-state index in [4.69, 9.17) is 0 Å². The minimum absolute atomic E-state index is 0.102. The van der Waals surface area contributed by atoms with E-state index in [1.54, 1.807) is 35.9 Å². The van der Waals surface area contributed by atoms with Crippen LogP contribution in [0.2, 0.25) is 0 Å². The van der Waals surface area contributed by atoms with Crippen LogP contribution in [0.1, 0.15) is 10.4 Å². The molecule has 116 valence electrons. The van der Waals surface area contributed by atoms with Gasteiger partial charge >= 0.3 is 0 Å². The number of hydrogen-bond donors (Lipinski definition) is 1. The van der Waals surface area contributed by atoms with Gasteiger partial charge in [0.25, 0.3) is 5.91 Å². The molecule has 3 aromatic rings. The lowest BCUT2D eigenvalue weighted by molar-refractivity contribution is 0.102. The molecule has 0 aliphatic carbocycles. The van der Waals surface area contributed by atoms with Crippen LogP contribution in [0.5, 0.6) is 0 Å². The summed E-state index contributed by atoms with van der Waals surface area (Å²) in [7, 11) is 1.77. The van der Waals surface area contributed by atoms with Crippen molar-refractivity contribution in [2.24, 2.45) is 7.05 Å². The molecule has 0 saturated carbocycles. The number of benzene rings is 2. The molecule has 0 aliphatic rings. The summed E-state index contributed by atoms with van der Waals surface area (Å²) in [6.07, 6.45) is 1.54. The van der Waals surface area contributed by atoms with Gasteiger partial charge in [-0.1, -0.05) is 12.1 Å². The Morgan fingerprint density at radius 1 is 1.13 bits per heavy atom. The second kappa shape index (κ2) is 5.96. The van der Waals surface area contributed by atoms with E-state index >= 15 is 0 Å². The summed E-state index contributed by atoms with van der Waals surface area (Å²) in [5, 5.41) is 10.4. The Hall–Kier alpha value is -3.09. The molecule has 0 radical (unpaired) electrons. The second-order valence-electron chi connectivity index (χ2n) is 4.92. The third-order valence-electron chi connectivity index (χ3n) is 3.25. The third kappa shape index (κ3) is 3.08. The number of para-hydroxylation sites is 1. The molecule has 2 aromatic carbocycles. The highest BCUT2D eigenvalue weighted by Gasteiger charge is 2.14. The SMILES string of the molecule is Cn1cnnc1-c1ccccc1NC(=O)c1cc(F)cc(F)c1. The first kappa shape index (κ1) is 14.8. The normalized spacial score (nSPS) is 10.6. The van der Waals surface area contributed by atoms with Crippen LogP contribution in [-0.4, -0.2) is 20.7 Å². The van der Waals surface area contributed by atoms with E-state index in [9.17, 15) is 13.6 Å². The molecular formula is C16H12F2N4O. The average molecular weight is 314 g/mol. The minimum Gasteiger partial charge on any atom is -0.321 e. The topological polar surface area (TPSA) is 59.8 Å². The van der Waals surface area contributed by atoms with E-state index < -0.39 is 17.5 Å². The Labute approximate surface area is 130 Å². The molecule has 0 aliphatic heterocycles. The Kier molecular flexibility index (Phi) is 3.84. The molecule has 0 fully saturated rings. The van der Waals surface area contributed by atoms with E-state index in [2.05, 4.69) is 15.5 Å². The van der Waals surface area contributed by atoms with Gasteiger partial charge in [-0.2, -0.15) is 0 Å². The van der Waals surface area contributed by atoms with Gasteiger partial charge in [0.15, 0.2) is 5.82 Å². The van der Waals surface area contributed by atoms with Crippen LogP contribution in [0.4, 0.5) is 14.5 Å². The van der Waals surface area contributed by atoms with E-state index in [-0.39, 0.29) is 5.56 Å². The van der Waals surface area contributed by atoms with Crippen molar-refractivity contribution in [3.63, 3.8) is 0 Å². The molecule has 0 bridgehead atoms. The molecule has 1 N–H and O–H groups in total. The van der Waals surface area contributed by atoms with Crippen molar-refractivity contribution in [2.45, 2.75) is 0 Å². The smallest absolute Gasteiger partial charge is 0.255 e. The number of carbonyl (C=O) groups excluding carboxylic acids is 1. The first-order chi connectivity index (χ1) is 11.0. The van der Waals surface area contributed by atoms with Gasteiger partial charge < -0.3 is 9.88 Å². The highest BCUT2D eigenvalue weighted by molar-refractivity contribution is 6.06. The van der Waals surface area contributed by atoms with Crippen LogP contribution < -0.4 is 5.32 Å². The highest BCUT2D eigenvalue weighted by Crippen LogP contribution is 2.26. The van der Waals surface area contributed by atoms with Crippen LogP contribution in [0.25, 0.3) is 11.4 Å². The molecule has 5 nitrogen and oxygen atoms in total. The van der Waals surface area contributed by atoms with Crippen molar-refractivity contribution in [2.75, 3.05) is 5.32 Å². The van der Waals surface area contributed by atoms with E-state index in [1.165, 1.54) is 6.33 Å². The molecule has 1 amide bonds. The number of anilines is 1. The fraction of sp³-hybridized carbons (Fsp3) is 0.0625. The van der Waals surface area contributed by atoms with Crippen molar-refractivity contribution < 1.29 is 13.6 Å². The van der Waals surface area contributed by atoms with Gasteiger partial charge in [-0.3, -0.25) is 4.79 Å². The number of carbonyl (C=O) groups is 1. The molecule has 0 atom stereocenters. The number of nitrogens with zero attached hydrogens (tertiary/aromatic N) is 3. The highest BCUT2D eigenvalue weighted by atomic mass is 19.1. The number of rotatable bonds is 3. The number of aromatic nitrogens is 3. The Morgan fingerprint density at radius 2 is 1.83 bits per heavy atom. The summed E-state index contributed by atoms with van der Waals surface area (Å²) < 4.78 is 28.2. The van der Waals surface area contributed by atoms with Crippen molar-refractivity contribution in [3.8, 4) is 11.4 Å². The first-order valence-electron chi connectivity index (χ1n) is 6.75. The Morgan fingerprint density at radius 3 is 2.48 bits per heavy atom. The summed E-state index contributed by atoms with van der Waals surface area (Å²) >= 11 is 0. The van der Waals surface area contributed by atoms with Gasteiger partial charge in [0.2, 0.25) is 0 Å². The molecule has 1 heterocycles. The zero-order valence-corrected chi connectivity index (χ0v) is 12.1. The van der Waals surface area contributed by atoms with Crippen LogP contribution in [0, 0.1) is 11.6 Å². The van der Waals surface area contributed by atoms with Gasteiger partial charge in [0, 0.05) is 24.2 Å². The summed E-state index contributed by atoms with van der Waals surface area (Å²) in [5.74, 6) is -1.67. The van der Waals surface area contributed by atoms with E-state index in [0.717, 1.165) is 12.1 Å². The zero-order chi connectivity index (χ0) is 16.4. The number of aryl methyl sites for hydroxylation is 1. The number of nitrogens with one attached hydrogen (secondary N) is 1. The molecule has 0 saturated heterocycles. The maximum absolute atomic E-state index is 13.2. The lowest BCUT2D eigenvalue weighted by atomic mass is 10.1. The molecule has 0 unspecified atom stereocenters. The lowest BCUT2D eigenvalue weighted by Gasteiger charge is -2.10. The van der Waals surface area contributed by atoms with Gasteiger partial charge in [-0.25, -0.2) is 8.78 Å². The predicted molar refractivity (Wildman–Crippen MR) is 80.8 cm³/mol. The summed E-state index contributed by atoms with van der Waals surface area (Å²) in [4.78, 5) is 12.2. The van der Waals surface area contributed by atoms with Crippen molar-refractivity contribution >= 4 is 11.6 Å². The molecule has 3 rings (SSSR count). The maximum Gasteiger partial charge on any atom is 0.255 e. The van der Waals surface area contributed by atoms with Crippen LogP contribution in [-0.2, 0) is 7.05 Å². The number of hydrogen-bond acceptors (Lipinski definition) is 3. The number of amides is 1. The van der Waals surface area contributed by atoms with Crippen LogP contribution in [0.3, 0.4) is 0 Å². The Balaban J connectivity index is 1.95. The molecule has 1 aromatic heterocycles. The van der Waals surface area contributed by atoms with Crippen LogP contribution in [0.15, 0.2) is 48.8 Å². The summed E-state index contributed by atoms with van der Waals surface area (Å²) in [5.41, 5.74) is 1.02. The van der Waals surface area contributed by atoms with Gasteiger partial charge in [0.05, 0.1) is 5.69 Å². The first-order valence-corrected chi connectivity index (χ1v) is 6.75. The molecule has 7 heteroatoms.